The van der Waals surface area contributed by atoms with Crippen LogP contribution in [0.1, 0.15) is 17.5 Å². The number of carbonyl (C=O) groups is 1. The van der Waals surface area contributed by atoms with Gasteiger partial charge >= 0.3 is 5.97 Å². The largest absolute Gasteiger partial charge is 0.460 e. The molecule has 0 radical (unpaired) electrons. The molecule has 0 aromatic carbocycles. The van der Waals surface area contributed by atoms with Crippen molar-refractivity contribution in [2.45, 2.75) is 6.92 Å². The first-order valence-corrected chi connectivity index (χ1v) is 3.42. The summed E-state index contributed by atoms with van der Waals surface area (Å²) in [5.74, 6) is -0.504. The Kier molecular flexibility index (Phi) is 2.57. The van der Waals surface area contributed by atoms with E-state index in [1.54, 1.807) is 14.0 Å². The summed E-state index contributed by atoms with van der Waals surface area (Å²) >= 11 is 0. The summed E-state index contributed by atoms with van der Waals surface area (Å²) in [6.45, 7) is 2.01. The maximum atomic E-state index is 11.1. The molecule has 0 unspecified atom stereocenters. The van der Waals surface area contributed by atoms with Crippen molar-refractivity contribution >= 4 is 5.97 Å². The quantitative estimate of drug-likeness (QED) is 0.589. The van der Waals surface area contributed by atoms with Gasteiger partial charge in [-0.3, -0.25) is 0 Å². The number of nitrogens with zero attached hydrogens (tertiary/aromatic N) is 4. The lowest BCUT2D eigenvalue weighted by atomic mass is 10.6. The summed E-state index contributed by atoms with van der Waals surface area (Å²) in [5, 5.41) is 10.2. The Balaban J connectivity index is 2.79. The topological polar surface area (TPSA) is 81.9 Å². The molecule has 0 aliphatic heterocycles. The molecule has 1 N–H and O–H groups in total. The summed E-state index contributed by atoms with van der Waals surface area (Å²) in [6.07, 6.45) is 0. The van der Waals surface area contributed by atoms with E-state index in [1.165, 1.54) is 0 Å². The molecule has 1 heterocycles. The van der Waals surface area contributed by atoms with Gasteiger partial charge in [0, 0.05) is 7.05 Å². The third-order valence-electron chi connectivity index (χ3n) is 1.14. The molecule has 0 amide bonds. The van der Waals surface area contributed by atoms with Crippen molar-refractivity contribution in [3.05, 3.63) is 5.82 Å². The van der Waals surface area contributed by atoms with E-state index in [-0.39, 0.29) is 5.82 Å². The monoisotopic (exact) mass is 171 g/mol. The molecule has 0 aliphatic carbocycles. The molecule has 66 valence electrons. The maximum absolute atomic E-state index is 11.1. The van der Waals surface area contributed by atoms with Crippen molar-refractivity contribution in [3.63, 3.8) is 0 Å². The van der Waals surface area contributed by atoms with Gasteiger partial charge in [-0.2, -0.15) is 0 Å². The van der Waals surface area contributed by atoms with Gasteiger partial charge < -0.3 is 10.2 Å². The van der Waals surface area contributed by atoms with Crippen LogP contribution >= 0.6 is 0 Å². The van der Waals surface area contributed by atoms with Crippen LogP contribution in [0.2, 0.25) is 0 Å². The van der Waals surface area contributed by atoms with Crippen LogP contribution in [0.15, 0.2) is 0 Å². The van der Waals surface area contributed by atoms with E-state index in [4.69, 9.17) is 0 Å². The molecule has 1 aromatic rings. The van der Waals surface area contributed by atoms with Crippen LogP contribution in [-0.2, 0) is 4.74 Å². The summed E-state index contributed by atoms with van der Waals surface area (Å²) < 4.78 is 4.69. The Hall–Kier alpha value is -1.66. The molecule has 0 saturated heterocycles. The molecule has 7 nitrogen and oxygen atoms in total. The minimum absolute atomic E-state index is 0.0411. The van der Waals surface area contributed by atoms with E-state index in [2.05, 4.69) is 25.7 Å². The molecule has 0 spiro atoms. The van der Waals surface area contributed by atoms with E-state index in [1.807, 2.05) is 0 Å². The zero-order chi connectivity index (χ0) is 8.97. The van der Waals surface area contributed by atoms with Gasteiger partial charge in [0.1, 0.15) is 0 Å². The molecule has 1 rings (SSSR count). The average Bonchev–Trinajstić information content (AvgIpc) is 2.51. The zero-order valence-electron chi connectivity index (χ0n) is 6.81. The highest BCUT2D eigenvalue weighted by molar-refractivity contribution is 5.85. The first-order valence-electron chi connectivity index (χ1n) is 3.42. The third-order valence-corrected chi connectivity index (χ3v) is 1.14. The summed E-state index contributed by atoms with van der Waals surface area (Å²) in [7, 11) is 1.60. The number of hydrogen-bond acceptors (Lipinski definition) is 6. The fourth-order valence-corrected chi connectivity index (χ4v) is 0.661. The minimum Gasteiger partial charge on any atom is -0.460 e. The van der Waals surface area contributed by atoms with Gasteiger partial charge in [0.2, 0.25) is 0 Å². The van der Waals surface area contributed by atoms with Gasteiger partial charge in [-0.15, -0.1) is 4.79 Å². The van der Waals surface area contributed by atoms with Crippen LogP contribution in [0.4, 0.5) is 0 Å². The zero-order valence-corrected chi connectivity index (χ0v) is 6.81. The predicted octanol–water partition coefficient (Wildman–Crippen LogP) is -0.977. The number of aromatic nitrogens is 4. The van der Waals surface area contributed by atoms with Crippen LogP contribution in [-0.4, -0.2) is 39.9 Å². The number of tetrazole rings is 1. The van der Waals surface area contributed by atoms with Crippen LogP contribution in [0.25, 0.3) is 0 Å². The van der Waals surface area contributed by atoms with Crippen molar-refractivity contribution in [2.24, 2.45) is 0 Å². The highest BCUT2D eigenvalue weighted by atomic mass is 16.5. The molecule has 0 fully saturated rings. The molecule has 12 heavy (non-hydrogen) atoms. The van der Waals surface area contributed by atoms with E-state index >= 15 is 0 Å². The molecule has 1 aromatic heterocycles. The van der Waals surface area contributed by atoms with Gasteiger partial charge in [-0.25, -0.2) is 4.79 Å². The summed E-state index contributed by atoms with van der Waals surface area (Å²) in [5.41, 5.74) is 2.59. The van der Waals surface area contributed by atoms with Crippen LogP contribution in [0, 0.1) is 0 Å². The standard InChI is InChI=1S/C5H9N5O2/c1-3-12-5(11)4-7-8-9-10(4)6-2/h6H,3H2,1-2H3. The predicted molar refractivity (Wildman–Crippen MR) is 39.1 cm³/mol. The second-order valence-corrected chi connectivity index (χ2v) is 1.86. The first-order chi connectivity index (χ1) is 5.79. The number of carbonyl (C=O) groups excluding carboxylic acids is 1. The Morgan fingerprint density at radius 3 is 3.08 bits per heavy atom. The number of esters is 1. The van der Waals surface area contributed by atoms with Gasteiger partial charge in [0.05, 0.1) is 6.61 Å². The Morgan fingerprint density at radius 2 is 2.50 bits per heavy atom. The number of rotatable bonds is 3. The third kappa shape index (κ3) is 1.49. The average molecular weight is 171 g/mol. The highest BCUT2D eigenvalue weighted by Crippen LogP contribution is 1.91. The number of ether oxygens (including phenoxy) is 1. The van der Waals surface area contributed by atoms with Crippen molar-refractivity contribution in [3.8, 4) is 0 Å². The van der Waals surface area contributed by atoms with E-state index in [0.29, 0.717) is 6.61 Å². The summed E-state index contributed by atoms with van der Waals surface area (Å²) in [4.78, 5) is 12.2. The van der Waals surface area contributed by atoms with E-state index in [9.17, 15) is 4.79 Å². The fraction of sp³-hybridized carbons (Fsp3) is 0.600. The molecular weight excluding hydrogens is 162 g/mol. The molecule has 7 heteroatoms. The SMILES string of the molecule is CCOC(=O)c1nnnn1NC. The van der Waals surface area contributed by atoms with Gasteiger partial charge in [0.15, 0.2) is 0 Å². The number of hydrogen-bond donors (Lipinski definition) is 1. The smallest absolute Gasteiger partial charge is 0.380 e. The first kappa shape index (κ1) is 8.44. The van der Waals surface area contributed by atoms with E-state index < -0.39 is 5.97 Å². The van der Waals surface area contributed by atoms with Crippen LogP contribution < -0.4 is 5.43 Å². The van der Waals surface area contributed by atoms with Crippen molar-refractivity contribution in [2.75, 3.05) is 19.1 Å². The summed E-state index contributed by atoms with van der Waals surface area (Å²) in [6, 6.07) is 0. The molecule has 0 aliphatic rings. The highest BCUT2D eigenvalue weighted by Gasteiger charge is 2.15. The Bertz CT molecular complexity index is 271. The van der Waals surface area contributed by atoms with Gasteiger partial charge in [-0.05, 0) is 17.4 Å². The van der Waals surface area contributed by atoms with Gasteiger partial charge in [0.25, 0.3) is 5.82 Å². The molecular formula is C5H9N5O2. The lowest BCUT2D eigenvalue weighted by Crippen LogP contribution is -2.20. The fourth-order valence-electron chi connectivity index (χ4n) is 0.661. The second-order valence-electron chi connectivity index (χ2n) is 1.86. The minimum atomic E-state index is -0.545. The lowest BCUT2D eigenvalue weighted by molar-refractivity contribution is 0.0506. The van der Waals surface area contributed by atoms with Crippen molar-refractivity contribution in [1.29, 1.82) is 0 Å². The molecule has 0 atom stereocenters. The van der Waals surface area contributed by atoms with Crippen molar-refractivity contribution < 1.29 is 9.53 Å². The van der Waals surface area contributed by atoms with Crippen LogP contribution in [0.3, 0.4) is 0 Å². The molecule has 0 saturated carbocycles. The maximum Gasteiger partial charge on any atom is 0.380 e. The van der Waals surface area contributed by atoms with Crippen LogP contribution in [0.5, 0.6) is 0 Å². The van der Waals surface area contributed by atoms with E-state index in [0.717, 1.165) is 4.79 Å². The van der Waals surface area contributed by atoms with Crippen molar-refractivity contribution in [1.82, 2.24) is 20.3 Å². The second kappa shape index (κ2) is 3.65. The Morgan fingerprint density at radius 1 is 1.75 bits per heavy atom. The number of nitrogens with one attached hydrogen (secondary N) is 1. The lowest BCUT2D eigenvalue weighted by Gasteiger charge is -2.00. The Labute approximate surface area is 68.7 Å². The molecule has 0 bridgehead atoms. The van der Waals surface area contributed by atoms with Gasteiger partial charge in [-0.1, -0.05) is 5.10 Å². The normalized spacial score (nSPS) is 9.50.